The van der Waals surface area contributed by atoms with E-state index in [-0.39, 0.29) is 0 Å². The Bertz CT molecular complexity index is 954. The molecule has 7 heteroatoms. The highest BCUT2D eigenvalue weighted by molar-refractivity contribution is 6.31. The first kappa shape index (κ1) is 16.8. The van der Waals surface area contributed by atoms with E-state index in [2.05, 4.69) is 20.9 Å². The molecule has 0 aromatic carbocycles. The van der Waals surface area contributed by atoms with Gasteiger partial charge in [0, 0.05) is 43.5 Å². The summed E-state index contributed by atoms with van der Waals surface area (Å²) in [7, 11) is 0. The van der Waals surface area contributed by atoms with Crippen molar-refractivity contribution >= 4 is 22.9 Å². The Hall–Kier alpha value is -2.34. The van der Waals surface area contributed by atoms with E-state index < -0.39 is 0 Å². The van der Waals surface area contributed by atoms with Gasteiger partial charge in [-0.25, -0.2) is 14.5 Å². The Morgan fingerprint density at radius 3 is 2.96 bits per heavy atom. The second-order valence-corrected chi connectivity index (χ2v) is 7.89. The van der Waals surface area contributed by atoms with Gasteiger partial charge in [-0.3, -0.25) is 0 Å². The van der Waals surface area contributed by atoms with E-state index in [0.717, 1.165) is 37.3 Å². The SMILES string of the molecule is Clc1cccnc1OCC1CCCN(c2nccn3nc(C4CC4)cc23)C1. The van der Waals surface area contributed by atoms with Crippen molar-refractivity contribution in [2.45, 2.75) is 31.6 Å². The molecule has 140 valence electrons. The summed E-state index contributed by atoms with van der Waals surface area (Å²) < 4.78 is 7.86. The number of anilines is 1. The number of fused-ring (bicyclic) bond motifs is 1. The zero-order chi connectivity index (χ0) is 18.2. The van der Waals surface area contributed by atoms with Crippen LogP contribution in [0.4, 0.5) is 5.82 Å². The molecule has 0 spiro atoms. The molecule has 3 aromatic heterocycles. The Morgan fingerprint density at radius 2 is 2.11 bits per heavy atom. The Labute approximate surface area is 163 Å². The number of hydrogen-bond donors (Lipinski definition) is 0. The first-order valence-corrected chi connectivity index (χ1v) is 9.98. The van der Waals surface area contributed by atoms with E-state index in [1.165, 1.54) is 18.5 Å². The van der Waals surface area contributed by atoms with Crippen molar-refractivity contribution in [2.75, 3.05) is 24.6 Å². The number of pyridine rings is 1. The Balaban J connectivity index is 1.32. The summed E-state index contributed by atoms with van der Waals surface area (Å²) in [6.45, 7) is 2.54. The van der Waals surface area contributed by atoms with Crippen LogP contribution < -0.4 is 9.64 Å². The molecule has 0 N–H and O–H groups in total. The van der Waals surface area contributed by atoms with Gasteiger partial charge in [0.1, 0.15) is 10.5 Å². The van der Waals surface area contributed by atoms with E-state index in [4.69, 9.17) is 21.4 Å². The van der Waals surface area contributed by atoms with E-state index in [1.54, 1.807) is 12.3 Å². The van der Waals surface area contributed by atoms with Crippen LogP contribution in [0.5, 0.6) is 5.88 Å². The van der Waals surface area contributed by atoms with Gasteiger partial charge in [-0.15, -0.1) is 0 Å². The first-order chi connectivity index (χ1) is 13.3. The second-order valence-electron chi connectivity index (χ2n) is 7.48. The van der Waals surface area contributed by atoms with Gasteiger partial charge in [-0.1, -0.05) is 11.6 Å². The molecule has 1 saturated heterocycles. The number of aromatic nitrogens is 4. The molecule has 2 aliphatic rings. The third kappa shape index (κ3) is 3.46. The fourth-order valence-electron chi connectivity index (χ4n) is 3.82. The molecule has 6 nitrogen and oxygen atoms in total. The monoisotopic (exact) mass is 383 g/mol. The lowest BCUT2D eigenvalue weighted by atomic mass is 9.99. The molecule has 1 saturated carbocycles. The van der Waals surface area contributed by atoms with Crippen LogP contribution >= 0.6 is 11.6 Å². The summed E-state index contributed by atoms with van der Waals surface area (Å²) in [6, 6.07) is 5.83. The third-order valence-corrected chi connectivity index (χ3v) is 5.67. The van der Waals surface area contributed by atoms with Crippen molar-refractivity contribution in [1.29, 1.82) is 0 Å². The van der Waals surface area contributed by atoms with Gasteiger partial charge in [0.05, 0.1) is 12.3 Å². The Morgan fingerprint density at radius 1 is 1.19 bits per heavy atom. The fraction of sp³-hybridized carbons (Fsp3) is 0.450. The average molecular weight is 384 g/mol. The molecule has 1 atom stereocenters. The van der Waals surface area contributed by atoms with E-state index in [0.29, 0.717) is 29.3 Å². The van der Waals surface area contributed by atoms with Gasteiger partial charge in [-0.2, -0.15) is 5.10 Å². The highest BCUT2D eigenvalue weighted by Crippen LogP contribution is 2.40. The standard InChI is InChI=1S/C20H22ClN5O/c21-16-4-1-7-23-20(16)27-13-14-3-2-9-25(12-14)19-18-11-17(15-5-6-15)24-26(18)10-8-22-19/h1,4,7-8,10-11,14-15H,2-3,5-6,9,12-13H2. The van der Waals surface area contributed by atoms with Gasteiger partial charge in [0.25, 0.3) is 0 Å². The number of hydrogen-bond acceptors (Lipinski definition) is 5. The van der Waals surface area contributed by atoms with Gasteiger partial charge >= 0.3 is 0 Å². The zero-order valence-electron chi connectivity index (χ0n) is 15.1. The highest BCUT2D eigenvalue weighted by Gasteiger charge is 2.28. The summed E-state index contributed by atoms with van der Waals surface area (Å²) in [5.74, 6) is 2.60. The number of halogens is 1. The molecule has 4 heterocycles. The lowest BCUT2D eigenvalue weighted by Crippen LogP contribution is -2.38. The highest BCUT2D eigenvalue weighted by atomic mass is 35.5. The van der Waals surface area contributed by atoms with E-state index in [9.17, 15) is 0 Å². The second kappa shape index (κ2) is 7.00. The molecule has 2 fully saturated rings. The number of ether oxygens (including phenoxy) is 1. The van der Waals surface area contributed by atoms with Crippen LogP contribution in [0.1, 0.15) is 37.3 Å². The molecular formula is C20H22ClN5O. The summed E-state index contributed by atoms with van der Waals surface area (Å²) in [6.07, 6.45) is 10.3. The molecule has 1 aliphatic heterocycles. The predicted molar refractivity (Wildman–Crippen MR) is 105 cm³/mol. The van der Waals surface area contributed by atoms with Crippen molar-refractivity contribution in [3.05, 3.63) is 47.5 Å². The Kier molecular flexibility index (Phi) is 4.36. The van der Waals surface area contributed by atoms with Crippen LogP contribution in [0.2, 0.25) is 5.02 Å². The van der Waals surface area contributed by atoms with Crippen LogP contribution in [0.15, 0.2) is 36.8 Å². The topological polar surface area (TPSA) is 55.5 Å². The first-order valence-electron chi connectivity index (χ1n) is 9.60. The number of nitrogens with zero attached hydrogens (tertiary/aromatic N) is 5. The van der Waals surface area contributed by atoms with Crippen LogP contribution in [0.3, 0.4) is 0 Å². The quantitative estimate of drug-likeness (QED) is 0.667. The van der Waals surface area contributed by atoms with Crippen molar-refractivity contribution in [3.8, 4) is 5.88 Å². The molecule has 27 heavy (non-hydrogen) atoms. The maximum Gasteiger partial charge on any atom is 0.232 e. The number of piperidine rings is 1. The van der Waals surface area contributed by atoms with Crippen molar-refractivity contribution in [2.24, 2.45) is 5.92 Å². The lowest BCUT2D eigenvalue weighted by molar-refractivity contribution is 0.222. The van der Waals surface area contributed by atoms with E-state index >= 15 is 0 Å². The maximum atomic E-state index is 6.15. The van der Waals surface area contributed by atoms with Gasteiger partial charge in [-0.05, 0) is 43.9 Å². The fourth-order valence-corrected chi connectivity index (χ4v) is 3.99. The van der Waals surface area contributed by atoms with Gasteiger partial charge in [0.15, 0.2) is 5.82 Å². The minimum Gasteiger partial charge on any atom is -0.476 e. The molecule has 0 bridgehead atoms. The molecule has 3 aromatic rings. The third-order valence-electron chi connectivity index (χ3n) is 5.38. The normalized spacial score (nSPS) is 20.2. The average Bonchev–Trinajstić information content (AvgIpc) is 3.46. The summed E-state index contributed by atoms with van der Waals surface area (Å²) in [5.41, 5.74) is 2.31. The van der Waals surface area contributed by atoms with Crippen molar-refractivity contribution in [1.82, 2.24) is 19.6 Å². The van der Waals surface area contributed by atoms with Crippen LogP contribution in [0, 0.1) is 5.92 Å². The van der Waals surface area contributed by atoms with Gasteiger partial charge in [0.2, 0.25) is 5.88 Å². The molecule has 0 amide bonds. The summed E-state index contributed by atoms with van der Waals surface area (Å²) in [5, 5.41) is 5.30. The minimum absolute atomic E-state index is 0.421. The van der Waals surface area contributed by atoms with Crippen molar-refractivity contribution < 1.29 is 4.74 Å². The molecule has 5 rings (SSSR count). The number of rotatable bonds is 5. The smallest absolute Gasteiger partial charge is 0.232 e. The van der Waals surface area contributed by atoms with Crippen LogP contribution in [-0.2, 0) is 0 Å². The largest absolute Gasteiger partial charge is 0.476 e. The van der Waals surface area contributed by atoms with E-state index in [1.807, 2.05) is 23.0 Å². The minimum atomic E-state index is 0.421. The van der Waals surface area contributed by atoms with Crippen LogP contribution in [-0.4, -0.2) is 39.3 Å². The molecule has 1 unspecified atom stereocenters. The van der Waals surface area contributed by atoms with Gasteiger partial charge < -0.3 is 9.64 Å². The molecule has 0 radical (unpaired) electrons. The molecule has 1 aliphatic carbocycles. The maximum absolute atomic E-state index is 6.15. The lowest BCUT2D eigenvalue weighted by Gasteiger charge is -2.33. The van der Waals surface area contributed by atoms with Crippen molar-refractivity contribution in [3.63, 3.8) is 0 Å². The predicted octanol–water partition coefficient (Wildman–Crippen LogP) is 3.95. The summed E-state index contributed by atoms with van der Waals surface area (Å²) in [4.78, 5) is 11.3. The zero-order valence-corrected chi connectivity index (χ0v) is 15.8. The van der Waals surface area contributed by atoms with Crippen LogP contribution in [0.25, 0.3) is 5.52 Å². The molecular weight excluding hydrogens is 362 g/mol. The summed E-state index contributed by atoms with van der Waals surface area (Å²) >= 11 is 6.15.